The normalized spacial score (nSPS) is 28.2. The van der Waals surface area contributed by atoms with E-state index in [0.29, 0.717) is 23.4 Å². The standard InChI is InChI=1S/C12H17N3O2/c1-8-11(17-7-14-8)12(16)15-5-3-10-9(6-15)2-4-13-10/h7,9-10,13H,2-6H2,1H3. The van der Waals surface area contributed by atoms with Crippen molar-refractivity contribution < 1.29 is 9.21 Å². The van der Waals surface area contributed by atoms with E-state index in [1.54, 1.807) is 6.92 Å². The summed E-state index contributed by atoms with van der Waals surface area (Å²) < 4.78 is 5.17. The zero-order valence-corrected chi connectivity index (χ0v) is 9.98. The Morgan fingerprint density at radius 2 is 2.47 bits per heavy atom. The van der Waals surface area contributed by atoms with Crippen molar-refractivity contribution in [2.24, 2.45) is 5.92 Å². The van der Waals surface area contributed by atoms with Crippen LogP contribution in [0.2, 0.25) is 0 Å². The predicted octanol–water partition coefficient (Wildman–Crippen LogP) is 0.807. The van der Waals surface area contributed by atoms with Crippen LogP contribution in [0, 0.1) is 12.8 Å². The van der Waals surface area contributed by atoms with Gasteiger partial charge in [-0.15, -0.1) is 0 Å². The van der Waals surface area contributed by atoms with Crippen LogP contribution in [0.3, 0.4) is 0 Å². The zero-order chi connectivity index (χ0) is 11.8. The summed E-state index contributed by atoms with van der Waals surface area (Å²) in [5.41, 5.74) is 0.682. The molecule has 0 spiro atoms. The van der Waals surface area contributed by atoms with Gasteiger partial charge in [-0.25, -0.2) is 4.98 Å². The van der Waals surface area contributed by atoms with Gasteiger partial charge >= 0.3 is 0 Å². The first kappa shape index (κ1) is 10.8. The van der Waals surface area contributed by atoms with Crippen LogP contribution >= 0.6 is 0 Å². The van der Waals surface area contributed by atoms with E-state index in [2.05, 4.69) is 10.3 Å². The number of likely N-dealkylation sites (tertiary alicyclic amines) is 1. The van der Waals surface area contributed by atoms with Crippen LogP contribution in [-0.2, 0) is 0 Å². The lowest BCUT2D eigenvalue weighted by Crippen LogP contribution is -2.46. The van der Waals surface area contributed by atoms with Crippen LogP contribution in [0.25, 0.3) is 0 Å². The Bertz CT molecular complexity index is 429. The number of hydrogen-bond donors (Lipinski definition) is 1. The number of hydrogen-bond acceptors (Lipinski definition) is 4. The Morgan fingerprint density at radius 1 is 1.59 bits per heavy atom. The molecule has 3 rings (SSSR count). The highest BCUT2D eigenvalue weighted by atomic mass is 16.3. The summed E-state index contributed by atoms with van der Waals surface area (Å²) in [6, 6.07) is 0.606. The second-order valence-corrected chi connectivity index (χ2v) is 4.92. The molecule has 17 heavy (non-hydrogen) atoms. The van der Waals surface area contributed by atoms with Gasteiger partial charge in [-0.05, 0) is 32.2 Å². The van der Waals surface area contributed by atoms with E-state index in [1.165, 1.54) is 12.8 Å². The fraction of sp³-hybridized carbons (Fsp3) is 0.667. The molecule has 5 heteroatoms. The van der Waals surface area contributed by atoms with Gasteiger partial charge in [0.15, 0.2) is 6.39 Å². The Labute approximate surface area is 100 Å². The van der Waals surface area contributed by atoms with E-state index in [4.69, 9.17) is 4.42 Å². The largest absolute Gasteiger partial charge is 0.438 e. The fourth-order valence-electron chi connectivity index (χ4n) is 2.88. The van der Waals surface area contributed by atoms with Crippen molar-refractivity contribution in [3.05, 3.63) is 17.8 Å². The molecule has 3 heterocycles. The first-order chi connectivity index (χ1) is 8.25. The van der Waals surface area contributed by atoms with Gasteiger partial charge in [0.2, 0.25) is 5.76 Å². The highest BCUT2D eigenvalue weighted by Gasteiger charge is 2.35. The van der Waals surface area contributed by atoms with Gasteiger partial charge in [0, 0.05) is 19.1 Å². The average molecular weight is 235 g/mol. The van der Waals surface area contributed by atoms with Gasteiger partial charge in [0.25, 0.3) is 5.91 Å². The van der Waals surface area contributed by atoms with E-state index >= 15 is 0 Å². The molecule has 2 atom stereocenters. The highest BCUT2D eigenvalue weighted by Crippen LogP contribution is 2.25. The monoisotopic (exact) mass is 235 g/mol. The number of amides is 1. The lowest BCUT2D eigenvalue weighted by molar-refractivity contribution is 0.0629. The third kappa shape index (κ3) is 1.84. The molecule has 2 aliphatic rings. The molecule has 5 nitrogen and oxygen atoms in total. The Morgan fingerprint density at radius 3 is 3.24 bits per heavy atom. The van der Waals surface area contributed by atoms with Gasteiger partial charge < -0.3 is 14.6 Å². The van der Waals surface area contributed by atoms with Crippen molar-refractivity contribution in [2.75, 3.05) is 19.6 Å². The number of piperidine rings is 1. The molecule has 2 aliphatic heterocycles. The topological polar surface area (TPSA) is 58.4 Å². The number of aryl methyl sites for hydroxylation is 1. The molecule has 0 aromatic carbocycles. The van der Waals surface area contributed by atoms with Crippen LogP contribution in [0.5, 0.6) is 0 Å². The van der Waals surface area contributed by atoms with Crippen LogP contribution in [0.4, 0.5) is 0 Å². The van der Waals surface area contributed by atoms with Crippen molar-refractivity contribution in [2.45, 2.75) is 25.8 Å². The van der Waals surface area contributed by atoms with Crippen LogP contribution < -0.4 is 5.32 Å². The predicted molar refractivity (Wildman–Crippen MR) is 61.7 cm³/mol. The van der Waals surface area contributed by atoms with Gasteiger partial charge in [-0.1, -0.05) is 0 Å². The quantitative estimate of drug-likeness (QED) is 0.782. The number of nitrogens with one attached hydrogen (secondary N) is 1. The Hall–Kier alpha value is -1.36. The number of aromatic nitrogens is 1. The summed E-state index contributed by atoms with van der Waals surface area (Å²) in [5, 5.41) is 3.49. The SMILES string of the molecule is Cc1ncoc1C(=O)N1CCC2NCCC2C1. The second kappa shape index (κ2) is 4.14. The van der Waals surface area contributed by atoms with Gasteiger partial charge in [-0.2, -0.15) is 0 Å². The molecular weight excluding hydrogens is 218 g/mol. The van der Waals surface area contributed by atoms with Crippen LogP contribution in [0.15, 0.2) is 10.8 Å². The number of fused-ring (bicyclic) bond motifs is 1. The molecule has 2 saturated heterocycles. The van der Waals surface area contributed by atoms with Gasteiger partial charge in [0.1, 0.15) is 0 Å². The number of rotatable bonds is 1. The zero-order valence-electron chi connectivity index (χ0n) is 9.98. The molecule has 0 saturated carbocycles. The van der Waals surface area contributed by atoms with E-state index in [-0.39, 0.29) is 5.91 Å². The maximum Gasteiger partial charge on any atom is 0.291 e. The van der Waals surface area contributed by atoms with Gasteiger partial charge in [-0.3, -0.25) is 4.79 Å². The van der Waals surface area contributed by atoms with Crippen molar-refractivity contribution in [3.8, 4) is 0 Å². The fourth-order valence-corrected chi connectivity index (χ4v) is 2.88. The first-order valence-electron chi connectivity index (χ1n) is 6.18. The third-order valence-corrected chi connectivity index (χ3v) is 3.88. The second-order valence-electron chi connectivity index (χ2n) is 4.92. The molecule has 1 aromatic rings. The molecule has 92 valence electrons. The van der Waals surface area contributed by atoms with Crippen molar-refractivity contribution in [1.29, 1.82) is 0 Å². The summed E-state index contributed by atoms with van der Waals surface area (Å²) in [5.74, 6) is 0.996. The summed E-state index contributed by atoms with van der Waals surface area (Å²) >= 11 is 0. The molecule has 0 radical (unpaired) electrons. The van der Waals surface area contributed by atoms with Crippen molar-refractivity contribution in [1.82, 2.24) is 15.2 Å². The summed E-state index contributed by atoms with van der Waals surface area (Å²) in [4.78, 5) is 18.1. The van der Waals surface area contributed by atoms with Crippen LogP contribution in [-0.4, -0.2) is 41.5 Å². The lowest BCUT2D eigenvalue weighted by atomic mass is 9.93. The van der Waals surface area contributed by atoms with Crippen molar-refractivity contribution >= 4 is 5.91 Å². The maximum atomic E-state index is 12.2. The third-order valence-electron chi connectivity index (χ3n) is 3.88. The molecule has 1 amide bonds. The number of oxazole rings is 1. The Balaban J connectivity index is 1.73. The lowest BCUT2D eigenvalue weighted by Gasteiger charge is -2.34. The minimum absolute atomic E-state index is 0.00894. The average Bonchev–Trinajstić information content (AvgIpc) is 2.95. The maximum absolute atomic E-state index is 12.2. The molecule has 0 aliphatic carbocycles. The molecule has 1 N–H and O–H groups in total. The van der Waals surface area contributed by atoms with Gasteiger partial charge in [0.05, 0.1) is 5.69 Å². The number of carbonyl (C=O) groups excluding carboxylic acids is 1. The summed E-state index contributed by atoms with van der Waals surface area (Å²) in [7, 11) is 0. The molecule has 0 bridgehead atoms. The molecule has 2 unspecified atom stereocenters. The van der Waals surface area contributed by atoms with E-state index < -0.39 is 0 Å². The minimum atomic E-state index is -0.00894. The molecule has 1 aromatic heterocycles. The molecular formula is C12H17N3O2. The van der Waals surface area contributed by atoms with Crippen molar-refractivity contribution in [3.63, 3.8) is 0 Å². The number of nitrogens with zero attached hydrogens (tertiary/aromatic N) is 2. The summed E-state index contributed by atoms with van der Waals surface area (Å²) in [6.07, 6.45) is 3.56. The summed E-state index contributed by atoms with van der Waals surface area (Å²) in [6.45, 7) is 4.54. The smallest absolute Gasteiger partial charge is 0.291 e. The van der Waals surface area contributed by atoms with E-state index in [9.17, 15) is 4.79 Å². The number of carbonyl (C=O) groups is 1. The van der Waals surface area contributed by atoms with Crippen LogP contribution in [0.1, 0.15) is 29.1 Å². The van der Waals surface area contributed by atoms with E-state index in [0.717, 1.165) is 26.1 Å². The first-order valence-corrected chi connectivity index (χ1v) is 6.18. The molecule has 2 fully saturated rings. The van der Waals surface area contributed by atoms with E-state index in [1.807, 2.05) is 4.90 Å². The Kier molecular flexibility index (Phi) is 2.63. The highest BCUT2D eigenvalue weighted by molar-refractivity contribution is 5.92. The minimum Gasteiger partial charge on any atom is -0.438 e.